The Morgan fingerprint density at radius 3 is 1.45 bits per heavy atom. The van der Waals surface area contributed by atoms with Gasteiger partial charge in [-0.25, -0.2) is 0 Å². The average Bonchev–Trinajstić information content (AvgIpc) is 2.38. The molecule has 0 rings (SSSR count). The van der Waals surface area contributed by atoms with Gasteiger partial charge < -0.3 is 0 Å². The van der Waals surface area contributed by atoms with Gasteiger partial charge in [0.15, 0.2) is 0 Å². The molecule has 134 valence electrons. The fourth-order valence-electron chi connectivity index (χ4n) is 1.86. The van der Waals surface area contributed by atoms with Crippen LogP contribution in [-0.2, 0) is 0 Å². The van der Waals surface area contributed by atoms with Gasteiger partial charge in [0.2, 0.25) is 0 Å². The van der Waals surface area contributed by atoms with Gasteiger partial charge in [-0.05, 0) is 30.6 Å². The summed E-state index contributed by atoms with van der Waals surface area (Å²) in [7, 11) is 0. The molecule has 0 aliphatic carbocycles. The third-order valence-corrected chi connectivity index (χ3v) is 2.90. The van der Waals surface area contributed by atoms with E-state index in [9.17, 15) is 0 Å². The summed E-state index contributed by atoms with van der Waals surface area (Å²) in [6.45, 7) is 20.1. The van der Waals surface area contributed by atoms with Gasteiger partial charge in [-0.2, -0.15) is 0 Å². The second kappa shape index (κ2) is 20.0. The van der Waals surface area contributed by atoms with Gasteiger partial charge in [0.25, 0.3) is 0 Å². The van der Waals surface area contributed by atoms with Crippen molar-refractivity contribution in [2.24, 2.45) is 23.7 Å². The van der Waals surface area contributed by atoms with Crippen molar-refractivity contribution >= 4 is 37.2 Å². The van der Waals surface area contributed by atoms with E-state index in [0.717, 1.165) is 11.8 Å². The standard InChI is InChI=1S/C11H20.C9H20.I2/c1-9(2)6-7-11(5)8-10(3)4;1-8(2)6-5-7-9(3)4;1-2/h6-10H,1-5H3;8-9H,5-7H2,1-4H3;/b7-6-,11-8-;;. The highest BCUT2D eigenvalue weighted by molar-refractivity contribution is 15.0. The number of rotatable bonds is 7. The lowest BCUT2D eigenvalue weighted by molar-refractivity contribution is 0.480. The predicted molar refractivity (Wildman–Crippen MR) is 124 cm³/mol. The molecule has 2 heteroatoms. The van der Waals surface area contributed by atoms with Gasteiger partial charge in [0.1, 0.15) is 0 Å². The van der Waals surface area contributed by atoms with E-state index in [-0.39, 0.29) is 0 Å². The van der Waals surface area contributed by atoms with E-state index in [0.29, 0.717) is 11.8 Å². The van der Waals surface area contributed by atoms with Crippen molar-refractivity contribution in [3.05, 3.63) is 23.8 Å². The second-order valence-corrected chi connectivity index (χ2v) is 7.48. The van der Waals surface area contributed by atoms with Crippen LogP contribution in [0.25, 0.3) is 0 Å². The van der Waals surface area contributed by atoms with E-state index in [2.05, 4.69) is 118 Å². The molecule has 0 aromatic rings. The number of halogens is 2. The Morgan fingerprint density at radius 2 is 1.18 bits per heavy atom. The van der Waals surface area contributed by atoms with Crippen LogP contribution in [0.5, 0.6) is 0 Å². The summed E-state index contributed by atoms with van der Waals surface area (Å²) in [4.78, 5) is 0. The second-order valence-electron chi connectivity index (χ2n) is 7.48. The van der Waals surface area contributed by atoms with Crippen molar-refractivity contribution in [2.45, 2.75) is 81.6 Å². The molecule has 0 nitrogen and oxygen atoms in total. The third-order valence-electron chi connectivity index (χ3n) is 2.90. The summed E-state index contributed by atoms with van der Waals surface area (Å²) in [5.41, 5.74) is 1.37. The zero-order chi connectivity index (χ0) is 18.1. The van der Waals surface area contributed by atoms with Crippen LogP contribution < -0.4 is 0 Å². The Balaban J connectivity index is -0.000000299. The Labute approximate surface area is 165 Å². The molecule has 0 fully saturated rings. The van der Waals surface area contributed by atoms with Gasteiger partial charge in [-0.1, -0.05) is 98.5 Å². The maximum absolute atomic E-state index is 2.29. The van der Waals surface area contributed by atoms with Gasteiger partial charge in [-0.15, -0.1) is 0 Å². The first-order valence-corrected chi connectivity index (χ1v) is 14.9. The molecule has 0 aliphatic heterocycles. The predicted octanol–water partition coefficient (Wildman–Crippen LogP) is 9.04. The highest BCUT2D eigenvalue weighted by Gasteiger charge is 1.95. The summed E-state index contributed by atoms with van der Waals surface area (Å²) in [5, 5.41) is 0. The molecule has 0 saturated heterocycles. The van der Waals surface area contributed by atoms with Crippen molar-refractivity contribution in [2.75, 3.05) is 0 Å². The highest BCUT2D eigenvalue weighted by atomic mass is 128. The molecule has 0 atom stereocenters. The summed E-state index contributed by atoms with van der Waals surface area (Å²) >= 11 is 4.24. The summed E-state index contributed by atoms with van der Waals surface area (Å²) in [6, 6.07) is 0. The summed E-state index contributed by atoms with van der Waals surface area (Å²) < 4.78 is 0. The lowest BCUT2D eigenvalue weighted by Gasteiger charge is -2.05. The van der Waals surface area contributed by atoms with Gasteiger partial charge >= 0.3 is 0 Å². The molecular formula is C20H40I2. The molecule has 0 radical (unpaired) electrons. The van der Waals surface area contributed by atoms with Crippen molar-refractivity contribution < 1.29 is 0 Å². The highest BCUT2D eigenvalue weighted by Crippen LogP contribution is 2.10. The van der Waals surface area contributed by atoms with Crippen LogP contribution in [0.15, 0.2) is 23.8 Å². The lowest BCUT2D eigenvalue weighted by Crippen LogP contribution is -1.90. The van der Waals surface area contributed by atoms with Gasteiger partial charge in [-0.3, -0.25) is 0 Å². The SMILES string of the molecule is CC(/C=C\C(C)C)=C/C(C)C.CC(C)CCCC(C)C.II. The monoisotopic (exact) mass is 534 g/mol. The van der Waals surface area contributed by atoms with Crippen LogP contribution in [0.1, 0.15) is 81.6 Å². The molecular weight excluding hydrogens is 494 g/mol. The summed E-state index contributed by atoms with van der Waals surface area (Å²) in [5.74, 6) is 3.10. The van der Waals surface area contributed by atoms with Crippen LogP contribution in [0.2, 0.25) is 0 Å². The smallest absolute Gasteiger partial charge is 0 e. The topological polar surface area (TPSA) is 0 Å². The Bertz CT molecular complexity index is 253. The molecule has 0 unspecified atom stereocenters. The quantitative estimate of drug-likeness (QED) is 0.226. The van der Waals surface area contributed by atoms with E-state index in [1.54, 1.807) is 0 Å². The van der Waals surface area contributed by atoms with Gasteiger partial charge in [0.05, 0.1) is 0 Å². The number of hydrogen-bond donors (Lipinski definition) is 0. The molecule has 0 spiro atoms. The fourth-order valence-corrected chi connectivity index (χ4v) is 1.86. The van der Waals surface area contributed by atoms with Crippen molar-refractivity contribution in [1.29, 1.82) is 0 Å². The molecule has 0 heterocycles. The maximum Gasteiger partial charge on any atom is 0 e. The average molecular weight is 534 g/mol. The van der Waals surface area contributed by atoms with E-state index in [1.807, 2.05) is 0 Å². The molecule has 0 N–H and O–H groups in total. The van der Waals surface area contributed by atoms with E-state index >= 15 is 0 Å². The molecule has 0 aromatic carbocycles. The minimum Gasteiger partial charge on any atom is -0.0817 e. The van der Waals surface area contributed by atoms with Crippen LogP contribution in [0, 0.1) is 23.7 Å². The minimum absolute atomic E-state index is 0.658. The Kier molecular flexibility index (Phi) is 25.2. The molecule has 0 saturated carbocycles. The first-order valence-electron chi connectivity index (χ1n) is 8.66. The first-order chi connectivity index (χ1) is 10.1. The van der Waals surface area contributed by atoms with Crippen molar-refractivity contribution in [3.8, 4) is 0 Å². The Hall–Kier alpha value is 0.940. The molecule has 0 amide bonds. The van der Waals surface area contributed by atoms with Crippen LogP contribution in [-0.4, -0.2) is 0 Å². The van der Waals surface area contributed by atoms with Crippen LogP contribution in [0.3, 0.4) is 0 Å². The largest absolute Gasteiger partial charge is 0.0817 e. The fraction of sp³-hybridized carbons (Fsp3) is 0.800. The maximum atomic E-state index is 2.29. The van der Waals surface area contributed by atoms with Crippen molar-refractivity contribution in [3.63, 3.8) is 0 Å². The number of hydrogen-bond acceptors (Lipinski definition) is 0. The molecule has 0 aliphatic rings. The van der Waals surface area contributed by atoms with E-state index in [1.165, 1.54) is 24.8 Å². The third kappa shape index (κ3) is 32.8. The zero-order valence-electron chi connectivity index (χ0n) is 16.4. The van der Waals surface area contributed by atoms with Crippen LogP contribution in [0.4, 0.5) is 0 Å². The minimum atomic E-state index is 0.658. The first kappa shape index (κ1) is 27.8. The normalized spacial score (nSPS) is 11.9. The molecule has 0 bridgehead atoms. The number of allylic oxidation sites excluding steroid dienone is 4. The van der Waals surface area contributed by atoms with E-state index in [4.69, 9.17) is 0 Å². The zero-order valence-corrected chi connectivity index (χ0v) is 20.7. The summed E-state index contributed by atoms with van der Waals surface area (Å²) in [6.07, 6.45) is 10.9. The van der Waals surface area contributed by atoms with E-state index < -0.39 is 0 Å². The Morgan fingerprint density at radius 1 is 0.773 bits per heavy atom. The molecule has 0 aromatic heterocycles. The molecule has 22 heavy (non-hydrogen) atoms. The van der Waals surface area contributed by atoms with Crippen LogP contribution >= 0.6 is 37.2 Å². The van der Waals surface area contributed by atoms with Gasteiger partial charge in [0, 0.05) is 37.2 Å². The lowest BCUT2D eigenvalue weighted by atomic mass is 10.0. The van der Waals surface area contributed by atoms with Crippen molar-refractivity contribution in [1.82, 2.24) is 0 Å².